The molecule has 1 saturated heterocycles. The van der Waals surface area contributed by atoms with Crippen molar-refractivity contribution in [3.63, 3.8) is 0 Å². The second-order valence-electron chi connectivity index (χ2n) is 10.7. The number of carbonyl (C=O) groups excluding carboxylic acids is 1. The summed E-state index contributed by atoms with van der Waals surface area (Å²) in [5.74, 6) is -1.74. The molecule has 0 radical (unpaired) electrons. The highest BCUT2D eigenvalue weighted by atomic mass is 19.1. The minimum atomic E-state index is -1.55. The van der Waals surface area contributed by atoms with Gasteiger partial charge in [0.1, 0.15) is 11.4 Å². The fourth-order valence-electron chi connectivity index (χ4n) is 5.23. The molecule has 3 aromatic rings. The van der Waals surface area contributed by atoms with Gasteiger partial charge in [0.05, 0.1) is 31.3 Å². The largest absolute Gasteiger partial charge is 0.481 e. The fraction of sp³-hybridized carbons (Fsp3) is 0.375. The van der Waals surface area contributed by atoms with Crippen molar-refractivity contribution in [1.82, 2.24) is 0 Å². The van der Waals surface area contributed by atoms with E-state index in [-0.39, 0.29) is 30.6 Å². The van der Waals surface area contributed by atoms with Gasteiger partial charge in [-0.25, -0.2) is 4.39 Å². The SMILES string of the molecule is O=C(O)CCc1ccc(N2C(=O)C(CCC(O)c3ccc(F)cc3)C2c2ccc(CCC(O)(CO)CO)cc2)cc1. The van der Waals surface area contributed by atoms with Crippen molar-refractivity contribution < 1.29 is 39.5 Å². The van der Waals surface area contributed by atoms with Gasteiger partial charge in [0.25, 0.3) is 0 Å². The molecule has 1 aliphatic heterocycles. The number of amides is 1. The predicted molar refractivity (Wildman–Crippen MR) is 151 cm³/mol. The molecular formula is C32H36FNO7. The third kappa shape index (κ3) is 7.37. The van der Waals surface area contributed by atoms with Crippen LogP contribution in [0.2, 0.25) is 0 Å². The molecule has 218 valence electrons. The number of carboxylic acids is 1. The molecule has 0 aromatic heterocycles. The Labute approximate surface area is 238 Å². The zero-order valence-electron chi connectivity index (χ0n) is 22.7. The summed E-state index contributed by atoms with van der Waals surface area (Å²) < 4.78 is 13.3. The number of rotatable bonds is 14. The van der Waals surface area contributed by atoms with Crippen LogP contribution >= 0.6 is 0 Å². The molecule has 0 saturated carbocycles. The van der Waals surface area contributed by atoms with Gasteiger partial charge in [-0.05, 0) is 78.6 Å². The normalized spacial score (nSPS) is 17.8. The van der Waals surface area contributed by atoms with E-state index in [1.165, 1.54) is 24.3 Å². The van der Waals surface area contributed by atoms with E-state index in [0.717, 1.165) is 16.7 Å². The highest BCUT2D eigenvalue weighted by molar-refractivity contribution is 6.03. The van der Waals surface area contributed by atoms with Crippen LogP contribution in [0.1, 0.15) is 60.1 Å². The van der Waals surface area contributed by atoms with E-state index in [4.69, 9.17) is 5.11 Å². The van der Waals surface area contributed by atoms with Crippen molar-refractivity contribution in [3.8, 4) is 0 Å². The molecule has 9 heteroatoms. The van der Waals surface area contributed by atoms with Gasteiger partial charge >= 0.3 is 5.97 Å². The average molecular weight is 566 g/mol. The third-order valence-electron chi connectivity index (χ3n) is 7.85. The van der Waals surface area contributed by atoms with Crippen molar-refractivity contribution in [2.75, 3.05) is 18.1 Å². The molecular weight excluding hydrogens is 529 g/mol. The molecule has 3 unspecified atom stereocenters. The maximum Gasteiger partial charge on any atom is 0.303 e. The Bertz CT molecular complexity index is 1310. The van der Waals surface area contributed by atoms with Crippen LogP contribution in [0.4, 0.5) is 10.1 Å². The summed E-state index contributed by atoms with van der Waals surface area (Å²) in [5, 5.41) is 48.5. The lowest BCUT2D eigenvalue weighted by molar-refractivity contribution is -0.137. The first kappa shape index (κ1) is 30.3. The minimum Gasteiger partial charge on any atom is -0.481 e. The molecule has 1 fully saturated rings. The van der Waals surface area contributed by atoms with Gasteiger partial charge in [-0.15, -0.1) is 0 Å². The van der Waals surface area contributed by atoms with Gasteiger partial charge in [0.15, 0.2) is 0 Å². The molecule has 8 nitrogen and oxygen atoms in total. The number of hydrogen-bond donors (Lipinski definition) is 5. The zero-order valence-corrected chi connectivity index (χ0v) is 22.7. The number of anilines is 1. The molecule has 1 aliphatic rings. The summed E-state index contributed by atoms with van der Waals surface area (Å²) >= 11 is 0. The lowest BCUT2D eigenvalue weighted by Gasteiger charge is -2.48. The lowest BCUT2D eigenvalue weighted by atomic mass is 9.78. The topological polar surface area (TPSA) is 139 Å². The molecule has 4 rings (SSSR count). The van der Waals surface area contributed by atoms with Crippen molar-refractivity contribution in [2.45, 2.75) is 56.3 Å². The van der Waals surface area contributed by atoms with Crippen LogP contribution in [0.25, 0.3) is 0 Å². The monoisotopic (exact) mass is 565 g/mol. The molecule has 3 aromatic carbocycles. The molecule has 1 heterocycles. The summed E-state index contributed by atoms with van der Waals surface area (Å²) in [5.41, 5.74) is 2.37. The van der Waals surface area contributed by atoms with Crippen LogP contribution < -0.4 is 4.90 Å². The number of aryl methyl sites for hydroxylation is 2. The lowest BCUT2D eigenvalue weighted by Crippen LogP contribution is -2.55. The van der Waals surface area contributed by atoms with Crippen molar-refractivity contribution >= 4 is 17.6 Å². The van der Waals surface area contributed by atoms with Crippen molar-refractivity contribution in [1.29, 1.82) is 0 Å². The van der Waals surface area contributed by atoms with Crippen LogP contribution in [0, 0.1) is 11.7 Å². The Hall–Kier alpha value is -3.63. The number of carboxylic acid groups (broad SMARTS) is 1. The van der Waals surface area contributed by atoms with Crippen molar-refractivity contribution in [3.05, 3.63) is 101 Å². The van der Waals surface area contributed by atoms with E-state index in [1.807, 2.05) is 48.5 Å². The molecule has 5 N–H and O–H groups in total. The number of halogens is 1. The second-order valence-corrected chi connectivity index (χ2v) is 10.7. The van der Waals surface area contributed by atoms with E-state index >= 15 is 0 Å². The highest BCUT2D eigenvalue weighted by Crippen LogP contribution is 2.46. The number of aliphatic carboxylic acids is 1. The molecule has 0 aliphatic carbocycles. The number of benzene rings is 3. The summed E-state index contributed by atoms with van der Waals surface area (Å²) in [7, 11) is 0. The van der Waals surface area contributed by atoms with Crippen LogP contribution in [-0.4, -0.2) is 56.2 Å². The van der Waals surface area contributed by atoms with E-state index < -0.39 is 36.8 Å². The summed E-state index contributed by atoms with van der Waals surface area (Å²) in [4.78, 5) is 26.1. The molecule has 0 bridgehead atoms. The van der Waals surface area contributed by atoms with Gasteiger partial charge in [-0.3, -0.25) is 9.59 Å². The minimum absolute atomic E-state index is 0.0173. The van der Waals surface area contributed by atoms with Gasteiger partial charge in [0, 0.05) is 12.1 Å². The first-order chi connectivity index (χ1) is 19.6. The van der Waals surface area contributed by atoms with Crippen LogP contribution in [-0.2, 0) is 22.4 Å². The van der Waals surface area contributed by atoms with Crippen LogP contribution in [0.5, 0.6) is 0 Å². The Morgan fingerprint density at radius 2 is 1.49 bits per heavy atom. The molecule has 41 heavy (non-hydrogen) atoms. The maximum absolute atomic E-state index is 13.4. The van der Waals surface area contributed by atoms with Gasteiger partial charge in [0.2, 0.25) is 5.91 Å². The van der Waals surface area contributed by atoms with Crippen LogP contribution in [0.15, 0.2) is 72.8 Å². The molecule has 0 spiro atoms. The Kier molecular flexibility index (Phi) is 9.88. The first-order valence-corrected chi connectivity index (χ1v) is 13.7. The molecule has 1 amide bonds. The summed E-state index contributed by atoms with van der Waals surface area (Å²) in [6, 6.07) is 20.2. The van der Waals surface area contributed by atoms with E-state index in [9.17, 15) is 34.4 Å². The highest BCUT2D eigenvalue weighted by Gasteiger charge is 2.48. The zero-order chi connectivity index (χ0) is 29.6. The number of hydrogen-bond acceptors (Lipinski definition) is 6. The number of nitrogens with zero attached hydrogens (tertiary/aromatic N) is 1. The average Bonchev–Trinajstić information content (AvgIpc) is 2.98. The fourth-order valence-corrected chi connectivity index (χ4v) is 5.23. The third-order valence-corrected chi connectivity index (χ3v) is 7.85. The predicted octanol–water partition coefficient (Wildman–Crippen LogP) is 3.71. The van der Waals surface area contributed by atoms with Crippen LogP contribution in [0.3, 0.4) is 0 Å². The Balaban J connectivity index is 1.52. The smallest absolute Gasteiger partial charge is 0.303 e. The number of aliphatic hydroxyl groups excluding tert-OH is 3. The van der Waals surface area contributed by atoms with Gasteiger partial charge < -0.3 is 30.4 Å². The number of β-lactam (4-membered cyclic amide) rings is 1. The van der Waals surface area contributed by atoms with E-state index in [0.29, 0.717) is 36.9 Å². The Morgan fingerprint density at radius 3 is 2.07 bits per heavy atom. The van der Waals surface area contributed by atoms with Gasteiger partial charge in [-0.2, -0.15) is 0 Å². The molecule has 3 atom stereocenters. The standard InChI is InChI=1S/C32H36FNO7/c33-25-10-8-23(9-11-25)28(37)15-14-27-30(24-6-1-22(2-7-24)17-18-32(41,19-35)20-36)34(31(27)40)26-12-3-21(4-13-26)5-16-29(38)39/h1-4,6-13,27-28,30,35-37,41H,5,14-20H2,(H,38,39). The number of carbonyl (C=O) groups is 2. The van der Waals surface area contributed by atoms with Gasteiger partial charge in [-0.1, -0.05) is 48.5 Å². The first-order valence-electron chi connectivity index (χ1n) is 13.7. The summed E-state index contributed by atoms with van der Waals surface area (Å²) in [6.45, 7) is -1.08. The quantitative estimate of drug-likeness (QED) is 0.188. The summed E-state index contributed by atoms with van der Waals surface area (Å²) in [6.07, 6.45) is 0.924. The van der Waals surface area contributed by atoms with Crippen molar-refractivity contribution in [2.24, 2.45) is 5.92 Å². The van der Waals surface area contributed by atoms with E-state index in [1.54, 1.807) is 4.90 Å². The number of aliphatic hydroxyl groups is 4. The maximum atomic E-state index is 13.4. The Morgan fingerprint density at radius 1 is 0.902 bits per heavy atom. The second kappa shape index (κ2) is 13.4. The van der Waals surface area contributed by atoms with E-state index in [2.05, 4.69) is 0 Å².